The van der Waals surface area contributed by atoms with Gasteiger partial charge in [0.05, 0.1) is 22.6 Å². The van der Waals surface area contributed by atoms with Crippen LogP contribution in [0.4, 0.5) is 0 Å². The molecular formula is C27H35N3O2. The highest BCUT2D eigenvalue weighted by molar-refractivity contribution is 5.79. The molecule has 0 radical (unpaired) electrons. The number of hydrogen-bond acceptors (Lipinski definition) is 3. The Hall–Kier alpha value is -2.95. The van der Waals surface area contributed by atoms with Gasteiger partial charge in [0, 0.05) is 13.0 Å². The number of hydrogen-bond donors (Lipinski definition) is 0. The third-order valence-corrected chi connectivity index (χ3v) is 6.27. The molecule has 1 heterocycles. The van der Waals surface area contributed by atoms with Crippen molar-refractivity contribution in [2.75, 3.05) is 6.54 Å². The molecule has 5 heteroatoms. The summed E-state index contributed by atoms with van der Waals surface area (Å²) < 4.78 is 1.70. The predicted octanol–water partition coefficient (Wildman–Crippen LogP) is 5.88. The molecule has 0 fully saturated rings. The van der Waals surface area contributed by atoms with Crippen LogP contribution in [0.1, 0.15) is 75.9 Å². The number of rotatable bonds is 9. The predicted molar refractivity (Wildman–Crippen MR) is 131 cm³/mol. The summed E-state index contributed by atoms with van der Waals surface area (Å²) in [7, 11) is 0. The molecule has 0 bridgehead atoms. The Kier molecular flexibility index (Phi) is 7.84. The Balaban J connectivity index is 2.17. The van der Waals surface area contributed by atoms with Gasteiger partial charge in [-0.25, -0.2) is 4.98 Å². The molecule has 170 valence electrons. The minimum atomic E-state index is -0.317. The summed E-state index contributed by atoms with van der Waals surface area (Å²) >= 11 is 0. The first-order chi connectivity index (χ1) is 15.4. The Morgan fingerprint density at radius 3 is 2.47 bits per heavy atom. The topological polar surface area (TPSA) is 55.2 Å². The number of carbonyl (C=O) groups excluding carboxylic acids is 1. The molecular weight excluding hydrogens is 398 g/mol. The molecule has 0 saturated heterocycles. The van der Waals surface area contributed by atoms with E-state index in [0.29, 0.717) is 29.7 Å². The molecule has 1 amide bonds. The van der Waals surface area contributed by atoms with Gasteiger partial charge in [0.1, 0.15) is 5.82 Å². The van der Waals surface area contributed by atoms with Crippen molar-refractivity contribution in [3.8, 4) is 5.69 Å². The van der Waals surface area contributed by atoms with E-state index in [0.717, 1.165) is 36.9 Å². The van der Waals surface area contributed by atoms with Gasteiger partial charge in [-0.3, -0.25) is 14.2 Å². The Morgan fingerprint density at radius 1 is 1.03 bits per heavy atom. The summed E-state index contributed by atoms with van der Waals surface area (Å²) in [6.45, 7) is 10.8. The first-order valence-electron chi connectivity index (χ1n) is 11.8. The van der Waals surface area contributed by atoms with Gasteiger partial charge in [-0.05, 0) is 62.6 Å². The van der Waals surface area contributed by atoms with Crippen LogP contribution in [0, 0.1) is 13.8 Å². The average Bonchev–Trinajstić information content (AvgIpc) is 2.80. The Labute approximate surface area is 191 Å². The number of nitrogens with zero attached hydrogens (tertiary/aromatic N) is 3. The molecule has 3 rings (SSSR count). The highest BCUT2D eigenvalue weighted by atomic mass is 16.2. The molecule has 5 nitrogen and oxygen atoms in total. The molecule has 0 aliphatic rings. The average molecular weight is 434 g/mol. The summed E-state index contributed by atoms with van der Waals surface area (Å²) in [4.78, 5) is 33.3. The Bertz CT molecular complexity index is 1150. The molecule has 0 saturated carbocycles. The van der Waals surface area contributed by atoms with Crippen LogP contribution in [0.3, 0.4) is 0 Å². The van der Waals surface area contributed by atoms with Gasteiger partial charge in [0.25, 0.3) is 5.56 Å². The fraction of sp³-hybridized carbons (Fsp3) is 0.444. The van der Waals surface area contributed by atoms with Crippen molar-refractivity contribution in [2.24, 2.45) is 0 Å². The standard InChI is InChI=1S/C27H35N3O2/c1-6-8-9-12-17-29(25(31)7-2)21(5)26-28-24-14-11-10-13-23(24)27(32)30(26)22-16-15-19(3)20(4)18-22/h10-11,13-16,18,21H,6-9,12,17H2,1-5H3. The number of para-hydroxylation sites is 1. The fourth-order valence-electron chi connectivity index (χ4n) is 4.13. The highest BCUT2D eigenvalue weighted by Crippen LogP contribution is 2.25. The molecule has 0 N–H and O–H groups in total. The zero-order chi connectivity index (χ0) is 23.3. The number of unbranched alkanes of at least 4 members (excludes halogenated alkanes) is 3. The van der Waals surface area contributed by atoms with E-state index in [-0.39, 0.29) is 17.5 Å². The van der Waals surface area contributed by atoms with Gasteiger partial charge >= 0.3 is 0 Å². The maximum Gasteiger partial charge on any atom is 0.266 e. The maximum absolute atomic E-state index is 13.6. The molecule has 1 aromatic heterocycles. The van der Waals surface area contributed by atoms with E-state index in [1.54, 1.807) is 4.57 Å². The number of amides is 1. The van der Waals surface area contributed by atoms with Crippen molar-refractivity contribution in [3.05, 3.63) is 69.8 Å². The normalized spacial score (nSPS) is 12.2. The van der Waals surface area contributed by atoms with E-state index < -0.39 is 0 Å². The number of aromatic nitrogens is 2. The van der Waals surface area contributed by atoms with Crippen LogP contribution in [0.15, 0.2) is 47.3 Å². The van der Waals surface area contributed by atoms with Crippen molar-refractivity contribution in [1.82, 2.24) is 14.5 Å². The van der Waals surface area contributed by atoms with Crippen LogP contribution in [-0.4, -0.2) is 26.9 Å². The molecule has 1 unspecified atom stereocenters. The largest absolute Gasteiger partial charge is 0.333 e. The van der Waals surface area contributed by atoms with Gasteiger partial charge in [0.2, 0.25) is 5.91 Å². The molecule has 0 spiro atoms. The van der Waals surface area contributed by atoms with E-state index in [1.807, 2.05) is 68.1 Å². The van der Waals surface area contributed by atoms with Gasteiger partial charge in [-0.1, -0.05) is 51.3 Å². The van der Waals surface area contributed by atoms with Crippen LogP contribution in [-0.2, 0) is 4.79 Å². The summed E-state index contributed by atoms with van der Waals surface area (Å²) in [5.74, 6) is 0.692. The second-order valence-corrected chi connectivity index (χ2v) is 8.57. The van der Waals surface area contributed by atoms with Gasteiger partial charge < -0.3 is 4.90 Å². The third kappa shape index (κ3) is 4.93. The SMILES string of the molecule is CCCCCCN(C(=O)CC)C(C)c1nc2ccccc2c(=O)n1-c1ccc(C)c(C)c1. The first-order valence-corrected chi connectivity index (χ1v) is 11.8. The first kappa shape index (κ1) is 23.7. The second kappa shape index (κ2) is 10.6. The highest BCUT2D eigenvalue weighted by Gasteiger charge is 2.26. The van der Waals surface area contributed by atoms with Gasteiger partial charge in [0.15, 0.2) is 0 Å². The van der Waals surface area contributed by atoms with Crippen molar-refractivity contribution in [1.29, 1.82) is 0 Å². The monoisotopic (exact) mass is 433 g/mol. The fourth-order valence-corrected chi connectivity index (χ4v) is 4.13. The van der Waals surface area contributed by atoms with Crippen molar-refractivity contribution in [3.63, 3.8) is 0 Å². The molecule has 2 aromatic carbocycles. The minimum Gasteiger partial charge on any atom is -0.333 e. The Morgan fingerprint density at radius 2 is 1.78 bits per heavy atom. The van der Waals surface area contributed by atoms with E-state index >= 15 is 0 Å². The molecule has 0 aliphatic carbocycles. The number of aryl methyl sites for hydroxylation is 2. The third-order valence-electron chi connectivity index (χ3n) is 6.27. The van der Waals surface area contributed by atoms with Crippen LogP contribution in [0.2, 0.25) is 0 Å². The van der Waals surface area contributed by atoms with Crippen molar-refractivity contribution in [2.45, 2.75) is 72.8 Å². The quantitative estimate of drug-likeness (QED) is 0.396. The van der Waals surface area contributed by atoms with Gasteiger partial charge in [-0.15, -0.1) is 0 Å². The minimum absolute atomic E-state index is 0.0862. The van der Waals surface area contributed by atoms with Crippen molar-refractivity contribution >= 4 is 16.8 Å². The molecule has 0 aliphatic heterocycles. The van der Waals surface area contributed by atoms with Crippen molar-refractivity contribution < 1.29 is 4.79 Å². The summed E-state index contributed by atoms with van der Waals surface area (Å²) in [6, 6.07) is 13.1. The number of benzene rings is 2. The second-order valence-electron chi connectivity index (χ2n) is 8.57. The summed E-state index contributed by atoms with van der Waals surface area (Å²) in [5.41, 5.74) is 3.63. The molecule has 3 aromatic rings. The summed E-state index contributed by atoms with van der Waals surface area (Å²) in [6.07, 6.45) is 4.77. The van der Waals surface area contributed by atoms with Crippen LogP contribution >= 0.6 is 0 Å². The maximum atomic E-state index is 13.6. The number of carbonyl (C=O) groups is 1. The van der Waals surface area contributed by atoms with E-state index in [9.17, 15) is 9.59 Å². The zero-order valence-corrected chi connectivity index (χ0v) is 20.0. The molecule has 1 atom stereocenters. The van der Waals surface area contributed by atoms with Crippen LogP contribution in [0.5, 0.6) is 0 Å². The zero-order valence-electron chi connectivity index (χ0n) is 20.0. The lowest BCUT2D eigenvalue weighted by atomic mass is 10.1. The van der Waals surface area contributed by atoms with E-state index in [1.165, 1.54) is 5.56 Å². The lowest BCUT2D eigenvalue weighted by molar-refractivity contribution is -0.133. The number of fused-ring (bicyclic) bond motifs is 1. The lowest BCUT2D eigenvalue weighted by Gasteiger charge is -2.30. The van der Waals surface area contributed by atoms with E-state index in [4.69, 9.17) is 4.98 Å². The lowest BCUT2D eigenvalue weighted by Crippen LogP contribution is -2.37. The van der Waals surface area contributed by atoms with Crippen LogP contribution < -0.4 is 5.56 Å². The van der Waals surface area contributed by atoms with Crippen LogP contribution in [0.25, 0.3) is 16.6 Å². The van der Waals surface area contributed by atoms with Gasteiger partial charge in [-0.2, -0.15) is 0 Å². The summed E-state index contributed by atoms with van der Waals surface area (Å²) in [5, 5.41) is 0.581. The molecule has 32 heavy (non-hydrogen) atoms. The van der Waals surface area contributed by atoms with E-state index in [2.05, 4.69) is 13.8 Å². The smallest absolute Gasteiger partial charge is 0.266 e.